The minimum Gasteiger partial charge on any atom is -0.255 e. The van der Waals surface area contributed by atoms with E-state index in [1.54, 1.807) is 0 Å². The molecule has 0 N–H and O–H groups in total. The van der Waals surface area contributed by atoms with Gasteiger partial charge in [0.05, 0.1) is 11.4 Å². The molecular formula is C30H36N4S+2. The molecule has 0 aliphatic heterocycles. The molecule has 0 atom stereocenters. The third kappa shape index (κ3) is 7.72. The topological polar surface area (TPSA) is 33.5 Å². The molecule has 0 unspecified atom stereocenters. The van der Waals surface area contributed by atoms with Crippen LogP contribution in [0.15, 0.2) is 85.7 Å². The van der Waals surface area contributed by atoms with Crippen molar-refractivity contribution in [2.75, 3.05) is 5.75 Å². The summed E-state index contributed by atoms with van der Waals surface area (Å²) < 4.78 is 4.55. The molecule has 4 aromatic heterocycles. The molecule has 4 heterocycles. The van der Waals surface area contributed by atoms with Gasteiger partial charge in [0, 0.05) is 49.5 Å². The second-order valence-corrected chi connectivity index (χ2v) is 9.61. The van der Waals surface area contributed by atoms with Crippen LogP contribution < -0.4 is 9.13 Å². The Bertz CT molecular complexity index is 1190. The van der Waals surface area contributed by atoms with E-state index in [0.717, 1.165) is 43.1 Å². The van der Waals surface area contributed by atoms with Crippen LogP contribution in [0.4, 0.5) is 0 Å². The van der Waals surface area contributed by atoms with Crippen molar-refractivity contribution in [1.29, 1.82) is 0 Å². The zero-order valence-electron chi connectivity index (χ0n) is 20.7. The zero-order valence-corrected chi connectivity index (χ0v) is 21.6. The molecule has 180 valence electrons. The van der Waals surface area contributed by atoms with Crippen LogP contribution in [-0.2, 0) is 19.5 Å². The van der Waals surface area contributed by atoms with Crippen molar-refractivity contribution >= 4 is 12.6 Å². The Balaban J connectivity index is 1.26. The Morgan fingerprint density at radius 1 is 0.657 bits per heavy atom. The SMILES string of the molecule is Cc1ccnc(-c2cc(CCC[n+]3ccc(-c4cc[n+](CCCCCCS)cc4)cc3)ccn2)c1. The normalized spacial score (nSPS) is 11.0. The number of hydrogen-bond donors (Lipinski definition) is 1. The number of aromatic nitrogens is 4. The summed E-state index contributed by atoms with van der Waals surface area (Å²) in [6.07, 6.45) is 19.6. The summed E-state index contributed by atoms with van der Waals surface area (Å²) in [7, 11) is 0. The van der Waals surface area contributed by atoms with E-state index in [0.29, 0.717) is 0 Å². The van der Waals surface area contributed by atoms with Gasteiger partial charge in [0.2, 0.25) is 0 Å². The first-order valence-electron chi connectivity index (χ1n) is 12.7. The quantitative estimate of drug-likeness (QED) is 0.156. The van der Waals surface area contributed by atoms with Crippen LogP contribution in [0.25, 0.3) is 22.5 Å². The first-order valence-corrected chi connectivity index (χ1v) is 13.3. The fourth-order valence-electron chi connectivity index (χ4n) is 4.27. The zero-order chi connectivity index (χ0) is 24.3. The highest BCUT2D eigenvalue weighted by molar-refractivity contribution is 7.80. The number of thiol groups is 1. The van der Waals surface area contributed by atoms with Gasteiger partial charge in [-0.3, -0.25) is 9.97 Å². The first kappa shape index (κ1) is 25.1. The molecule has 5 heteroatoms. The molecule has 0 aromatic carbocycles. The monoisotopic (exact) mass is 484 g/mol. The number of pyridine rings is 4. The van der Waals surface area contributed by atoms with Crippen molar-refractivity contribution in [3.05, 3.63) is 96.8 Å². The summed E-state index contributed by atoms with van der Waals surface area (Å²) in [5.74, 6) is 0.997. The van der Waals surface area contributed by atoms with Gasteiger partial charge in [0.25, 0.3) is 0 Å². The second kappa shape index (κ2) is 13.1. The van der Waals surface area contributed by atoms with E-state index in [4.69, 9.17) is 0 Å². The molecule has 0 spiro atoms. The van der Waals surface area contributed by atoms with Crippen molar-refractivity contribution in [3.63, 3.8) is 0 Å². The highest BCUT2D eigenvalue weighted by Crippen LogP contribution is 2.18. The summed E-state index contributed by atoms with van der Waals surface area (Å²) >= 11 is 4.28. The third-order valence-corrected chi connectivity index (χ3v) is 6.64. The molecule has 4 rings (SSSR count). The van der Waals surface area contributed by atoms with E-state index in [1.165, 1.54) is 47.9 Å². The lowest BCUT2D eigenvalue weighted by atomic mass is 10.1. The van der Waals surface area contributed by atoms with Crippen molar-refractivity contribution in [3.8, 4) is 22.5 Å². The first-order chi connectivity index (χ1) is 17.2. The number of unbranched alkanes of at least 4 members (excludes halogenated alkanes) is 3. The predicted octanol–water partition coefficient (Wildman–Crippen LogP) is 5.82. The number of hydrogen-bond acceptors (Lipinski definition) is 3. The Kier molecular flexibility index (Phi) is 9.41. The van der Waals surface area contributed by atoms with Gasteiger partial charge in [-0.25, -0.2) is 9.13 Å². The van der Waals surface area contributed by atoms with Crippen LogP contribution in [0.3, 0.4) is 0 Å². The van der Waals surface area contributed by atoms with Gasteiger partial charge >= 0.3 is 0 Å². The molecule has 0 aliphatic carbocycles. The van der Waals surface area contributed by atoms with Crippen LogP contribution in [-0.4, -0.2) is 15.7 Å². The molecule has 0 aliphatic rings. The van der Waals surface area contributed by atoms with Gasteiger partial charge in [0.1, 0.15) is 13.1 Å². The van der Waals surface area contributed by atoms with Crippen LogP contribution in [0, 0.1) is 6.92 Å². The van der Waals surface area contributed by atoms with Crippen LogP contribution >= 0.6 is 12.6 Å². The maximum absolute atomic E-state index is 4.51. The van der Waals surface area contributed by atoms with Gasteiger partial charge in [-0.2, -0.15) is 12.6 Å². The Morgan fingerprint density at radius 3 is 1.86 bits per heavy atom. The number of rotatable bonds is 12. The van der Waals surface area contributed by atoms with Gasteiger partial charge in [0.15, 0.2) is 24.8 Å². The summed E-state index contributed by atoms with van der Waals surface area (Å²) in [6, 6.07) is 17.2. The van der Waals surface area contributed by atoms with E-state index in [-0.39, 0.29) is 0 Å². The van der Waals surface area contributed by atoms with Gasteiger partial charge in [-0.05, 0) is 78.5 Å². The molecule has 0 saturated carbocycles. The van der Waals surface area contributed by atoms with E-state index < -0.39 is 0 Å². The average molecular weight is 485 g/mol. The van der Waals surface area contributed by atoms with Crippen molar-refractivity contribution in [2.24, 2.45) is 0 Å². The minimum absolute atomic E-state index is 0.937. The van der Waals surface area contributed by atoms with Gasteiger partial charge in [-0.1, -0.05) is 6.42 Å². The summed E-state index contributed by atoms with van der Waals surface area (Å²) in [5, 5.41) is 0. The van der Waals surface area contributed by atoms with E-state index >= 15 is 0 Å². The Hall–Kier alpha value is -3.05. The van der Waals surface area contributed by atoms with Crippen LogP contribution in [0.1, 0.15) is 43.2 Å². The highest BCUT2D eigenvalue weighted by atomic mass is 32.1. The molecule has 0 radical (unpaired) electrons. The lowest BCUT2D eigenvalue weighted by molar-refractivity contribution is -0.697. The molecular weight excluding hydrogens is 448 g/mol. The number of nitrogens with zero attached hydrogens (tertiary/aromatic N) is 4. The Morgan fingerprint density at radius 2 is 1.23 bits per heavy atom. The molecule has 0 saturated heterocycles. The summed E-state index contributed by atoms with van der Waals surface area (Å²) in [6.45, 7) is 4.16. The smallest absolute Gasteiger partial charge is 0.169 e. The van der Waals surface area contributed by atoms with Crippen molar-refractivity contribution in [1.82, 2.24) is 9.97 Å². The lowest BCUT2D eigenvalue weighted by Crippen LogP contribution is -2.33. The molecule has 0 bridgehead atoms. The summed E-state index contributed by atoms with van der Waals surface area (Å²) in [4.78, 5) is 8.98. The molecule has 4 aromatic rings. The van der Waals surface area contributed by atoms with E-state index in [9.17, 15) is 0 Å². The standard InChI is InChI=1S/C30H35N4S/c1-25-8-14-31-29(23-25)30-24-26(9-15-32-30)7-6-17-34-20-12-28(13-21-34)27-10-18-33(19-11-27)16-4-2-3-5-22-35/h8-15,18-21,23-24H,2-7,16-17,22H2,1H3/q+1/p+1. The largest absolute Gasteiger partial charge is 0.255 e. The van der Waals surface area contributed by atoms with Gasteiger partial charge in [-0.15, -0.1) is 0 Å². The minimum atomic E-state index is 0.937. The van der Waals surface area contributed by atoms with Crippen LogP contribution in [0.2, 0.25) is 0 Å². The molecule has 35 heavy (non-hydrogen) atoms. The van der Waals surface area contributed by atoms with Crippen LogP contribution in [0.5, 0.6) is 0 Å². The Labute approximate surface area is 215 Å². The predicted molar refractivity (Wildman–Crippen MR) is 145 cm³/mol. The highest BCUT2D eigenvalue weighted by Gasteiger charge is 2.07. The molecule has 0 amide bonds. The molecule has 4 nitrogen and oxygen atoms in total. The average Bonchev–Trinajstić information content (AvgIpc) is 2.90. The molecule has 0 fully saturated rings. The lowest BCUT2D eigenvalue weighted by Gasteiger charge is -2.05. The van der Waals surface area contributed by atoms with Crippen molar-refractivity contribution in [2.45, 2.75) is 58.5 Å². The van der Waals surface area contributed by atoms with Crippen molar-refractivity contribution < 1.29 is 9.13 Å². The van der Waals surface area contributed by atoms with E-state index in [1.807, 2.05) is 18.5 Å². The second-order valence-electron chi connectivity index (χ2n) is 9.16. The maximum atomic E-state index is 4.51. The summed E-state index contributed by atoms with van der Waals surface area (Å²) in [5.41, 5.74) is 6.90. The third-order valence-electron chi connectivity index (χ3n) is 6.32. The fourth-order valence-corrected chi connectivity index (χ4v) is 4.49. The maximum Gasteiger partial charge on any atom is 0.169 e. The fraction of sp³-hybridized carbons (Fsp3) is 0.333. The van der Waals surface area contributed by atoms with E-state index in [2.05, 4.69) is 106 Å². The number of aryl methyl sites for hydroxylation is 4. The van der Waals surface area contributed by atoms with Gasteiger partial charge < -0.3 is 0 Å².